The van der Waals surface area contributed by atoms with Crippen LogP contribution in [0.15, 0.2) is 11.6 Å². The fraction of sp³-hybridized carbons (Fsp3) is 0.667. The molecule has 0 fully saturated rings. The average Bonchev–Trinajstić information content (AvgIpc) is 2.37. The fourth-order valence-corrected chi connectivity index (χ4v) is 3.00. The number of carbonyl (C=O) groups excluding carboxylic acids is 1. The molecule has 0 aromatic heterocycles. The molecule has 118 valence electrons. The van der Waals surface area contributed by atoms with Crippen molar-refractivity contribution in [2.24, 2.45) is 23.7 Å². The minimum atomic E-state index is -1.49. The molecule has 0 bridgehead atoms. The van der Waals surface area contributed by atoms with Gasteiger partial charge in [-0.25, -0.2) is 4.79 Å². The summed E-state index contributed by atoms with van der Waals surface area (Å²) in [6, 6.07) is 0. The maximum atomic E-state index is 11.1. The molecule has 6 heteroatoms. The smallest absolute Gasteiger partial charge is 0.394 e. The first kappa shape index (κ1) is 17.2. The van der Waals surface area contributed by atoms with Crippen LogP contribution in [-0.2, 0) is 14.4 Å². The minimum absolute atomic E-state index is 0.0151. The van der Waals surface area contributed by atoms with Crippen molar-refractivity contribution in [2.45, 2.75) is 33.6 Å². The van der Waals surface area contributed by atoms with E-state index in [9.17, 15) is 14.4 Å². The Morgan fingerprint density at radius 3 is 2.43 bits per heavy atom. The molecular formula is C15H23NO5. The Morgan fingerprint density at radius 1 is 1.33 bits per heavy atom. The monoisotopic (exact) mass is 297 g/mol. The number of amides is 1. The highest BCUT2D eigenvalue weighted by atomic mass is 16.4. The summed E-state index contributed by atoms with van der Waals surface area (Å²) < 4.78 is 0. The van der Waals surface area contributed by atoms with Crippen LogP contribution in [0.25, 0.3) is 0 Å². The Balaban J connectivity index is 2.80. The van der Waals surface area contributed by atoms with Crippen molar-refractivity contribution in [3.63, 3.8) is 0 Å². The standard InChI is InChI=1S/C15H23NO5/c1-8(2)12-5-10(6-13(17)18)9(3)4-11(12)7-16-14(19)15(20)21/h4,8,10-12H,5-7H2,1-3H3,(H,16,19)(H,17,18)(H,20,21)/t10-,11-,12-/m0/s1. The maximum Gasteiger partial charge on any atom is 0.394 e. The van der Waals surface area contributed by atoms with Crippen molar-refractivity contribution < 1.29 is 24.6 Å². The van der Waals surface area contributed by atoms with E-state index in [2.05, 4.69) is 19.2 Å². The van der Waals surface area contributed by atoms with Gasteiger partial charge >= 0.3 is 17.8 Å². The van der Waals surface area contributed by atoms with Gasteiger partial charge < -0.3 is 15.5 Å². The molecule has 0 spiro atoms. The van der Waals surface area contributed by atoms with Crippen LogP contribution in [0.2, 0.25) is 0 Å². The van der Waals surface area contributed by atoms with Gasteiger partial charge in [0.15, 0.2) is 0 Å². The number of hydrogen-bond acceptors (Lipinski definition) is 3. The van der Waals surface area contributed by atoms with E-state index in [1.807, 2.05) is 13.0 Å². The van der Waals surface area contributed by atoms with Crippen LogP contribution in [0.5, 0.6) is 0 Å². The molecule has 0 saturated carbocycles. The van der Waals surface area contributed by atoms with Gasteiger partial charge in [-0.3, -0.25) is 9.59 Å². The third kappa shape index (κ3) is 4.88. The van der Waals surface area contributed by atoms with Crippen molar-refractivity contribution in [2.75, 3.05) is 6.54 Å². The lowest BCUT2D eigenvalue weighted by Gasteiger charge is -2.36. The molecule has 1 rings (SSSR count). The predicted molar refractivity (Wildman–Crippen MR) is 76.6 cm³/mol. The molecule has 0 aromatic carbocycles. The summed E-state index contributed by atoms with van der Waals surface area (Å²) in [7, 11) is 0. The van der Waals surface area contributed by atoms with E-state index in [-0.39, 0.29) is 30.7 Å². The summed E-state index contributed by atoms with van der Waals surface area (Å²) in [6.45, 7) is 6.29. The van der Waals surface area contributed by atoms with Gasteiger partial charge in [0.25, 0.3) is 0 Å². The average molecular weight is 297 g/mol. The van der Waals surface area contributed by atoms with Crippen molar-refractivity contribution in [1.29, 1.82) is 0 Å². The largest absolute Gasteiger partial charge is 0.481 e. The summed E-state index contributed by atoms with van der Waals surface area (Å²) in [5.74, 6) is -2.69. The molecule has 0 radical (unpaired) electrons. The molecule has 0 saturated heterocycles. The Morgan fingerprint density at radius 2 is 1.95 bits per heavy atom. The van der Waals surface area contributed by atoms with E-state index < -0.39 is 17.8 Å². The lowest BCUT2D eigenvalue weighted by atomic mass is 9.70. The van der Waals surface area contributed by atoms with Gasteiger partial charge in [0.05, 0.1) is 6.42 Å². The number of carboxylic acids is 2. The number of allylic oxidation sites excluding steroid dienone is 1. The quantitative estimate of drug-likeness (QED) is 0.527. The highest BCUT2D eigenvalue weighted by Gasteiger charge is 2.32. The van der Waals surface area contributed by atoms with Crippen molar-refractivity contribution >= 4 is 17.8 Å². The molecular weight excluding hydrogens is 274 g/mol. The van der Waals surface area contributed by atoms with Gasteiger partial charge in [0, 0.05) is 6.54 Å². The summed E-state index contributed by atoms with van der Waals surface area (Å²) in [6.07, 6.45) is 2.85. The highest BCUT2D eigenvalue weighted by Crippen LogP contribution is 2.38. The van der Waals surface area contributed by atoms with Crippen LogP contribution in [-0.4, -0.2) is 34.6 Å². The molecule has 3 atom stereocenters. The van der Waals surface area contributed by atoms with E-state index >= 15 is 0 Å². The van der Waals surface area contributed by atoms with E-state index in [0.717, 1.165) is 12.0 Å². The maximum absolute atomic E-state index is 11.1. The Kier molecular flexibility index (Phi) is 5.93. The number of aliphatic carboxylic acids is 2. The zero-order valence-electron chi connectivity index (χ0n) is 12.6. The Labute approximate surface area is 124 Å². The van der Waals surface area contributed by atoms with Gasteiger partial charge in [-0.05, 0) is 37.0 Å². The van der Waals surface area contributed by atoms with Crippen LogP contribution < -0.4 is 5.32 Å². The summed E-state index contributed by atoms with van der Waals surface area (Å²) in [5.41, 5.74) is 1.00. The van der Waals surface area contributed by atoms with Crippen LogP contribution >= 0.6 is 0 Å². The molecule has 1 aliphatic carbocycles. The zero-order valence-corrected chi connectivity index (χ0v) is 12.6. The van der Waals surface area contributed by atoms with Crippen LogP contribution in [0.1, 0.15) is 33.6 Å². The van der Waals surface area contributed by atoms with E-state index in [4.69, 9.17) is 10.2 Å². The highest BCUT2D eigenvalue weighted by molar-refractivity contribution is 6.31. The number of carbonyl (C=O) groups is 3. The van der Waals surface area contributed by atoms with E-state index in [1.165, 1.54) is 0 Å². The fourth-order valence-electron chi connectivity index (χ4n) is 3.00. The van der Waals surface area contributed by atoms with Gasteiger partial charge in [-0.1, -0.05) is 25.5 Å². The van der Waals surface area contributed by atoms with Gasteiger partial charge in [-0.2, -0.15) is 0 Å². The third-order valence-electron chi connectivity index (χ3n) is 4.20. The van der Waals surface area contributed by atoms with Gasteiger partial charge in [0.2, 0.25) is 0 Å². The van der Waals surface area contributed by atoms with Crippen LogP contribution in [0.3, 0.4) is 0 Å². The SMILES string of the molecule is CC1=C[C@@H](CNC(=O)C(=O)O)[C@H](C(C)C)C[C@H]1CC(=O)O. The second kappa shape index (κ2) is 7.24. The van der Waals surface area contributed by atoms with Gasteiger partial charge in [-0.15, -0.1) is 0 Å². The molecule has 0 aromatic rings. The minimum Gasteiger partial charge on any atom is -0.481 e. The number of hydrogen-bond donors (Lipinski definition) is 3. The second-order valence-corrected chi connectivity index (χ2v) is 6.03. The summed E-state index contributed by atoms with van der Waals surface area (Å²) in [4.78, 5) is 32.6. The lowest BCUT2D eigenvalue weighted by Crippen LogP contribution is -2.39. The molecule has 1 aliphatic rings. The number of carboxylic acid groups (broad SMARTS) is 2. The first-order valence-corrected chi connectivity index (χ1v) is 7.13. The Bertz CT molecular complexity index is 455. The summed E-state index contributed by atoms with van der Waals surface area (Å²) >= 11 is 0. The van der Waals surface area contributed by atoms with Crippen LogP contribution in [0.4, 0.5) is 0 Å². The molecule has 3 N–H and O–H groups in total. The normalized spacial score (nSPS) is 25.3. The van der Waals surface area contributed by atoms with E-state index in [0.29, 0.717) is 5.92 Å². The molecule has 6 nitrogen and oxygen atoms in total. The Hall–Kier alpha value is -1.85. The number of rotatable bonds is 5. The topological polar surface area (TPSA) is 104 Å². The van der Waals surface area contributed by atoms with E-state index in [1.54, 1.807) is 0 Å². The molecule has 21 heavy (non-hydrogen) atoms. The third-order valence-corrected chi connectivity index (χ3v) is 4.20. The number of nitrogens with one attached hydrogen (secondary N) is 1. The van der Waals surface area contributed by atoms with Gasteiger partial charge in [0.1, 0.15) is 0 Å². The van der Waals surface area contributed by atoms with Crippen molar-refractivity contribution in [3.8, 4) is 0 Å². The summed E-state index contributed by atoms with van der Waals surface area (Å²) in [5, 5.41) is 20.0. The first-order chi connectivity index (χ1) is 9.72. The zero-order chi connectivity index (χ0) is 16.2. The molecule has 1 amide bonds. The molecule has 0 unspecified atom stereocenters. The lowest BCUT2D eigenvalue weighted by molar-refractivity contribution is -0.150. The second-order valence-electron chi connectivity index (χ2n) is 6.03. The van der Waals surface area contributed by atoms with Crippen LogP contribution in [0, 0.1) is 23.7 Å². The molecule has 0 aliphatic heterocycles. The predicted octanol–water partition coefficient (Wildman–Crippen LogP) is 1.52. The first-order valence-electron chi connectivity index (χ1n) is 7.13. The molecule has 0 heterocycles. The van der Waals surface area contributed by atoms with Crippen molar-refractivity contribution in [3.05, 3.63) is 11.6 Å². The van der Waals surface area contributed by atoms with Crippen molar-refractivity contribution in [1.82, 2.24) is 5.32 Å².